The zero-order valence-electron chi connectivity index (χ0n) is 27.6. The normalized spacial score (nSPS) is 15.7. The highest BCUT2D eigenvalue weighted by molar-refractivity contribution is 9.11. The van der Waals surface area contributed by atoms with Crippen LogP contribution in [0.3, 0.4) is 0 Å². The van der Waals surface area contributed by atoms with Crippen molar-refractivity contribution in [1.29, 1.82) is 0 Å². The van der Waals surface area contributed by atoms with E-state index in [0.717, 1.165) is 3.79 Å². The summed E-state index contributed by atoms with van der Waals surface area (Å²) in [5, 5.41) is 0. The molecule has 1 aliphatic carbocycles. The Morgan fingerprint density at radius 2 is 1.38 bits per heavy atom. The third kappa shape index (κ3) is 8.96. The van der Waals surface area contributed by atoms with Crippen LogP contribution >= 0.6 is 27.3 Å². The van der Waals surface area contributed by atoms with E-state index in [-0.39, 0.29) is 52.2 Å². The second-order valence-electron chi connectivity index (χ2n) is 12.0. The highest BCUT2D eigenvalue weighted by Gasteiger charge is 2.30. The van der Waals surface area contributed by atoms with Gasteiger partial charge in [0.05, 0.1) is 20.1 Å². The van der Waals surface area contributed by atoms with Gasteiger partial charge in [-0.2, -0.15) is 0 Å². The van der Waals surface area contributed by atoms with Gasteiger partial charge in [0.1, 0.15) is 17.3 Å². The molecule has 0 N–H and O–H groups in total. The second-order valence-corrected chi connectivity index (χ2v) is 14.5. The van der Waals surface area contributed by atoms with Crippen LogP contribution in [0, 0.1) is 11.8 Å². The molecule has 1 aromatic heterocycles. The minimum absolute atomic E-state index is 0.0367. The number of Topliss-reactive ketones (excluding diaryl/α,β-unsaturated/α-hetero) is 2. The molecule has 0 atom stereocenters. The van der Waals surface area contributed by atoms with Crippen LogP contribution < -0.4 is 14.4 Å². The summed E-state index contributed by atoms with van der Waals surface area (Å²) in [6, 6.07) is 20.7. The van der Waals surface area contributed by atoms with Gasteiger partial charge in [0, 0.05) is 35.3 Å². The van der Waals surface area contributed by atoms with E-state index in [0.29, 0.717) is 52.9 Å². The molecule has 0 aliphatic heterocycles. The number of carbonyl (C=O) groups is 6. The maximum atomic E-state index is 13.1. The van der Waals surface area contributed by atoms with Gasteiger partial charge in [-0.05, 0) is 146 Å². The summed E-state index contributed by atoms with van der Waals surface area (Å²) in [4.78, 5) is 77.4. The average Bonchev–Trinajstić information content (AvgIpc) is 3.57. The molecule has 256 valence electrons. The first kappa shape index (κ1) is 36.3. The van der Waals surface area contributed by atoms with Crippen LogP contribution in [-0.2, 0) is 9.59 Å². The smallest absolute Gasteiger partial charge is 0.343 e. The molecule has 11 heteroatoms. The third-order valence-electron chi connectivity index (χ3n) is 8.60. The molecule has 0 radical (unpaired) electrons. The van der Waals surface area contributed by atoms with Crippen molar-refractivity contribution in [1.82, 2.24) is 0 Å². The first-order valence-electron chi connectivity index (χ1n) is 15.9. The van der Waals surface area contributed by atoms with Gasteiger partial charge in [-0.3, -0.25) is 24.0 Å². The lowest BCUT2D eigenvalue weighted by Crippen LogP contribution is -2.28. The number of esters is 2. The van der Waals surface area contributed by atoms with Crippen molar-refractivity contribution in [2.75, 3.05) is 11.9 Å². The first-order chi connectivity index (χ1) is 23.9. The topological polar surface area (TPSA) is 124 Å². The van der Waals surface area contributed by atoms with Gasteiger partial charge in [0.15, 0.2) is 11.6 Å². The summed E-state index contributed by atoms with van der Waals surface area (Å²) in [5.41, 5.74) is 2.04. The van der Waals surface area contributed by atoms with E-state index in [1.165, 1.54) is 77.8 Å². The predicted octanol–water partition coefficient (Wildman–Crippen LogP) is 8.41. The number of benzene rings is 3. The number of ketones is 3. The quantitative estimate of drug-likeness (QED) is 0.0647. The Labute approximate surface area is 302 Å². The lowest BCUT2D eigenvalue weighted by atomic mass is 9.80. The van der Waals surface area contributed by atoms with Crippen LogP contribution in [0.1, 0.15) is 85.8 Å². The maximum absolute atomic E-state index is 13.1. The third-order valence-corrected chi connectivity index (χ3v) is 10.2. The molecule has 0 unspecified atom stereocenters. The fraction of sp³-hybridized carbons (Fsp3) is 0.231. The van der Waals surface area contributed by atoms with Crippen LogP contribution in [0.25, 0.3) is 6.08 Å². The SMILES string of the molecule is CC(=O)c1ccc(N(C)C(=O)c2ccc(C(=O)Oc3ccc(OC(=O)C4CCC(C(C)=O)CC4)c(/C=C/C(=O)c4ccc(Br)s4)c3)cc2)cc1. The second kappa shape index (κ2) is 16.1. The van der Waals surface area contributed by atoms with Crippen molar-refractivity contribution in [3.05, 3.63) is 116 Å². The first-order valence-corrected chi connectivity index (χ1v) is 17.6. The number of allylic oxidation sites excluding steroid dienone is 1. The number of ether oxygens (including phenoxy) is 2. The number of amides is 1. The Kier molecular flexibility index (Phi) is 11.7. The van der Waals surface area contributed by atoms with Gasteiger partial charge in [-0.1, -0.05) is 0 Å². The number of anilines is 1. The lowest BCUT2D eigenvalue weighted by molar-refractivity contribution is -0.141. The van der Waals surface area contributed by atoms with Gasteiger partial charge in [0.2, 0.25) is 0 Å². The molecular weight excluding hydrogens is 722 g/mol. The zero-order chi connectivity index (χ0) is 35.9. The molecule has 0 saturated heterocycles. The summed E-state index contributed by atoms with van der Waals surface area (Å²) in [6.45, 7) is 3.04. The molecule has 1 amide bonds. The molecular formula is C39H34BrNO8S. The van der Waals surface area contributed by atoms with Crippen molar-refractivity contribution in [3.63, 3.8) is 0 Å². The van der Waals surface area contributed by atoms with E-state index in [9.17, 15) is 28.8 Å². The number of hydrogen-bond acceptors (Lipinski definition) is 9. The summed E-state index contributed by atoms with van der Waals surface area (Å²) in [6.07, 6.45) is 5.22. The van der Waals surface area contributed by atoms with Crippen molar-refractivity contribution in [3.8, 4) is 11.5 Å². The van der Waals surface area contributed by atoms with Crippen molar-refractivity contribution >= 4 is 74.2 Å². The number of carbonyl (C=O) groups excluding carboxylic acids is 6. The minimum Gasteiger partial charge on any atom is -0.426 e. The summed E-state index contributed by atoms with van der Waals surface area (Å²) < 4.78 is 12.2. The zero-order valence-corrected chi connectivity index (χ0v) is 30.0. The minimum atomic E-state index is -0.682. The van der Waals surface area contributed by atoms with Gasteiger partial charge in [-0.15, -0.1) is 11.3 Å². The van der Waals surface area contributed by atoms with Crippen molar-refractivity contribution < 1.29 is 38.2 Å². The molecule has 1 aliphatic rings. The van der Waals surface area contributed by atoms with Crippen LogP contribution in [0.15, 0.2) is 88.7 Å². The van der Waals surface area contributed by atoms with E-state index in [4.69, 9.17) is 9.47 Å². The van der Waals surface area contributed by atoms with Gasteiger partial charge < -0.3 is 14.4 Å². The Morgan fingerprint density at radius 1 is 0.760 bits per heavy atom. The largest absolute Gasteiger partial charge is 0.426 e. The van der Waals surface area contributed by atoms with E-state index in [1.54, 1.807) is 50.4 Å². The molecule has 1 saturated carbocycles. The number of thiophene rings is 1. The molecule has 0 spiro atoms. The van der Waals surface area contributed by atoms with Gasteiger partial charge in [0.25, 0.3) is 5.91 Å². The average molecular weight is 757 g/mol. The molecule has 0 bridgehead atoms. The van der Waals surface area contributed by atoms with Crippen LogP contribution in [-0.4, -0.2) is 42.2 Å². The van der Waals surface area contributed by atoms with Crippen molar-refractivity contribution in [2.45, 2.75) is 39.5 Å². The number of nitrogens with zero attached hydrogens (tertiary/aromatic N) is 1. The fourth-order valence-electron chi connectivity index (χ4n) is 5.58. The number of halogens is 1. The van der Waals surface area contributed by atoms with Gasteiger partial charge >= 0.3 is 11.9 Å². The monoisotopic (exact) mass is 755 g/mol. The molecule has 3 aromatic carbocycles. The van der Waals surface area contributed by atoms with E-state index in [1.807, 2.05) is 0 Å². The van der Waals surface area contributed by atoms with Crippen LogP contribution in [0.2, 0.25) is 0 Å². The van der Waals surface area contributed by atoms with E-state index >= 15 is 0 Å². The Balaban J connectivity index is 1.30. The summed E-state index contributed by atoms with van der Waals surface area (Å²) >= 11 is 4.64. The molecule has 5 rings (SSSR count). The standard InChI is InChI=1S/C39H34BrNO8S/c1-23(42)25-4-8-29(9-5-25)39(47)49-34-19-17-32(22-30(34)14-18-33(44)35-20-21-36(40)50-35)48-38(46)28-10-6-27(7-11-28)37(45)41(3)31-15-12-26(13-16-31)24(2)43/h6-7,10-22,25,29H,4-5,8-9H2,1-3H3/b18-14+. The highest BCUT2D eigenvalue weighted by Crippen LogP contribution is 2.33. The van der Waals surface area contributed by atoms with Crippen molar-refractivity contribution in [2.24, 2.45) is 11.8 Å². The number of rotatable bonds is 11. The number of hydrogen-bond donors (Lipinski definition) is 0. The predicted molar refractivity (Wildman–Crippen MR) is 194 cm³/mol. The molecule has 1 fully saturated rings. The Morgan fingerprint density at radius 3 is 1.98 bits per heavy atom. The maximum Gasteiger partial charge on any atom is 0.343 e. The van der Waals surface area contributed by atoms with Crippen LogP contribution in [0.5, 0.6) is 11.5 Å². The summed E-state index contributed by atoms with van der Waals surface area (Å²) in [7, 11) is 1.62. The van der Waals surface area contributed by atoms with E-state index in [2.05, 4.69) is 15.9 Å². The van der Waals surface area contributed by atoms with Gasteiger partial charge in [-0.25, -0.2) is 4.79 Å². The highest BCUT2D eigenvalue weighted by atomic mass is 79.9. The summed E-state index contributed by atoms with van der Waals surface area (Å²) in [5.74, 6) is -1.65. The van der Waals surface area contributed by atoms with Crippen LogP contribution in [0.4, 0.5) is 5.69 Å². The van der Waals surface area contributed by atoms with E-state index < -0.39 is 11.9 Å². The Bertz CT molecular complexity index is 1970. The molecule has 4 aromatic rings. The Hall–Kier alpha value is -5.00. The molecule has 9 nitrogen and oxygen atoms in total. The fourth-order valence-corrected chi connectivity index (χ4v) is 6.89. The molecule has 50 heavy (non-hydrogen) atoms. The molecule has 1 heterocycles. The lowest BCUT2D eigenvalue weighted by Gasteiger charge is -2.25.